The lowest BCUT2D eigenvalue weighted by Gasteiger charge is -2.21. The fraction of sp³-hybridized carbons (Fsp3) is 0.500. The molecule has 1 saturated heterocycles. The minimum Gasteiger partial charge on any atom is -0.482 e. The van der Waals surface area contributed by atoms with Crippen LogP contribution in [-0.4, -0.2) is 30.6 Å². The lowest BCUT2D eigenvalue weighted by molar-refractivity contribution is -0.123. The van der Waals surface area contributed by atoms with Gasteiger partial charge in [0.25, 0.3) is 5.91 Å². The van der Waals surface area contributed by atoms with Gasteiger partial charge in [-0.3, -0.25) is 4.79 Å². The number of hydrogen-bond donors (Lipinski definition) is 2. The molecule has 0 saturated carbocycles. The minimum atomic E-state index is -0.0820. The number of benzene rings is 1. The average molecular weight is 280 g/mol. The van der Waals surface area contributed by atoms with Crippen LogP contribution in [0.15, 0.2) is 24.3 Å². The van der Waals surface area contributed by atoms with E-state index in [1.54, 1.807) is 12.1 Å². The first-order chi connectivity index (χ1) is 9.25. The number of nitrogen functional groups attached to an aromatic ring is 1. The quantitative estimate of drug-likeness (QED) is 0.809. The highest BCUT2D eigenvalue weighted by Crippen LogP contribution is 2.22. The molecule has 0 aromatic heterocycles. The van der Waals surface area contributed by atoms with Crippen molar-refractivity contribution in [3.63, 3.8) is 0 Å². The number of hydrogen-bond acceptors (Lipinski definition) is 4. The van der Waals surface area contributed by atoms with Crippen LogP contribution in [0.25, 0.3) is 0 Å². The first-order valence-electron chi connectivity index (χ1n) is 6.57. The molecule has 1 aromatic rings. The molecule has 0 aliphatic carbocycles. The molecule has 0 spiro atoms. The standard InChI is InChI=1S/C14H20N2O2S/c15-12-3-1-2-4-13(12)18-10-14(17)16-9-11-5-7-19-8-6-11/h1-4,11H,5-10,15H2,(H,16,17). The molecule has 0 atom stereocenters. The van der Waals surface area contributed by atoms with Crippen LogP contribution in [0.2, 0.25) is 0 Å². The number of para-hydroxylation sites is 2. The van der Waals surface area contributed by atoms with E-state index in [-0.39, 0.29) is 12.5 Å². The summed E-state index contributed by atoms with van der Waals surface area (Å²) in [6.07, 6.45) is 2.38. The highest BCUT2D eigenvalue weighted by molar-refractivity contribution is 7.99. The molecule has 5 heteroatoms. The molecule has 2 rings (SSSR count). The first-order valence-corrected chi connectivity index (χ1v) is 7.73. The number of carbonyl (C=O) groups excluding carboxylic acids is 1. The second-order valence-electron chi connectivity index (χ2n) is 4.69. The smallest absolute Gasteiger partial charge is 0.257 e. The van der Waals surface area contributed by atoms with Crippen molar-refractivity contribution in [1.29, 1.82) is 0 Å². The second kappa shape index (κ2) is 7.28. The van der Waals surface area contributed by atoms with Gasteiger partial charge in [0.05, 0.1) is 5.69 Å². The summed E-state index contributed by atoms with van der Waals surface area (Å²) in [7, 11) is 0. The van der Waals surface area contributed by atoms with Gasteiger partial charge in [-0.2, -0.15) is 11.8 Å². The molecule has 4 nitrogen and oxygen atoms in total. The highest BCUT2D eigenvalue weighted by Gasteiger charge is 2.14. The summed E-state index contributed by atoms with van der Waals surface area (Å²) in [4.78, 5) is 11.7. The Kier molecular flexibility index (Phi) is 5.39. The van der Waals surface area contributed by atoms with Gasteiger partial charge >= 0.3 is 0 Å². The van der Waals surface area contributed by atoms with E-state index in [9.17, 15) is 4.79 Å². The van der Waals surface area contributed by atoms with E-state index in [1.165, 1.54) is 24.3 Å². The number of carbonyl (C=O) groups is 1. The lowest BCUT2D eigenvalue weighted by Crippen LogP contribution is -2.34. The molecule has 1 aliphatic heterocycles. The molecule has 19 heavy (non-hydrogen) atoms. The van der Waals surface area contributed by atoms with Crippen LogP contribution in [0, 0.1) is 5.92 Å². The van der Waals surface area contributed by atoms with Gasteiger partial charge in [-0.05, 0) is 42.4 Å². The van der Waals surface area contributed by atoms with Crippen molar-refractivity contribution < 1.29 is 9.53 Å². The van der Waals surface area contributed by atoms with Gasteiger partial charge in [0.15, 0.2) is 6.61 Å². The van der Waals surface area contributed by atoms with Gasteiger partial charge in [0.1, 0.15) is 5.75 Å². The predicted molar refractivity (Wildman–Crippen MR) is 79.4 cm³/mol. The Labute approximate surface area is 118 Å². The maximum absolute atomic E-state index is 11.7. The molecular weight excluding hydrogens is 260 g/mol. The summed E-state index contributed by atoms with van der Waals surface area (Å²) < 4.78 is 5.40. The fourth-order valence-corrected chi connectivity index (χ4v) is 3.22. The molecular formula is C14H20N2O2S. The van der Waals surface area contributed by atoms with Crippen LogP contribution < -0.4 is 15.8 Å². The van der Waals surface area contributed by atoms with Gasteiger partial charge in [-0.15, -0.1) is 0 Å². The summed E-state index contributed by atoms with van der Waals surface area (Å²) in [5.74, 6) is 3.51. The molecule has 1 heterocycles. The molecule has 1 aliphatic rings. The summed E-state index contributed by atoms with van der Waals surface area (Å²) in [5, 5.41) is 2.93. The number of rotatable bonds is 5. The van der Waals surface area contributed by atoms with Crippen LogP contribution in [-0.2, 0) is 4.79 Å². The monoisotopic (exact) mass is 280 g/mol. The van der Waals surface area contributed by atoms with Crippen molar-refractivity contribution in [3.05, 3.63) is 24.3 Å². The van der Waals surface area contributed by atoms with Crippen molar-refractivity contribution in [3.8, 4) is 5.75 Å². The third-order valence-electron chi connectivity index (χ3n) is 3.21. The minimum absolute atomic E-state index is 0.0235. The largest absolute Gasteiger partial charge is 0.482 e. The van der Waals surface area contributed by atoms with Gasteiger partial charge in [0.2, 0.25) is 0 Å². The Hall–Kier alpha value is -1.36. The molecule has 1 aromatic carbocycles. The van der Waals surface area contributed by atoms with E-state index in [4.69, 9.17) is 10.5 Å². The van der Waals surface area contributed by atoms with Crippen LogP contribution >= 0.6 is 11.8 Å². The molecule has 0 bridgehead atoms. The Morgan fingerprint density at radius 3 is 2.84 bits per heavy atom. The average Bonchev–Trinajstić information content (AvgIpc) is 2.45. The number of amides is 1. The molecule has 104 valence electrons. The Balaban J connectivity index is 1.68. The molecule has 1 fully saturated rings. The van der Waals surface area contributed by atoms with Crippen LogP contribution in [0.5, 0.6) is 5.75 Å². The van der Waals surface area contributed by atoms with E-state index < -0.39 is 0 Å². The van der Waals surface area contributed by atoms with E-state index >= 15 is 0 Å². The number of thioether (sulfide) groups is 1. The SMILES string of the molecule is Nc1ccccc1OCC(=O)NCC1CCSCC1. The topological polar surface area (TPSA) is 64.3 Å². The molecule has 0 radical (unpaired) electrons. The zero-order chi connectivity index (χ0) is 13.5. The molecule has 1 amide bonds. The van der Waals surface area contributed by atoms with Crippen LogP contribution in [0.4, 0.5) is 5.69 Å². The summed E-state index contributed by atoms with van der Waals surface area (Å²) >= 11 is 1.99. The summed E-state index contributed by atoms with van der Waals surface area (Å²) in [6.45, 7) is 0.780. The van der Waals surface area contributed by atoms with Crippen molar-refractivity contribution in [1.82, 2.24) is 5.32 Å². The normalized spacial score (nSPS) is 16.0. The Morgan fingerprint density at radius 1 is 1.37 bits per heavy atom. The summed E-state index contributed by atoms with van der Waals surface area (Å²) in [5.41, 5.74) is 6.29. The third-order valence-corrected chi connectivity index (χ3v) is 4.26. The fourth-order valence-electron chi connectivity index (χ4n) is 2.02. The first kappa shape index (κ1) is 14.1. The number of nitrogens with one attached hydrogen (secondary N) is 1. The molecule has 0 unspecified atom stereocenters. The van der Waals surface area contributed by atoms with E-state index in [0.29, 0.717) is 17.4 Å². The number of anilines is 1. The van der Waals surface area contributed by atoms with E-state index in [2.05, 4.69) is 5.32 Å². The number of ether oxygens (including phenoxy) is 1. The summed E-state index contributed by atoms with van der Waals surface area (Å²) in [6, 6.07) is 7.19. The van der Waals surface area contributed by atoms with Gasteiger partial charge < -0.3 is 15.8 Å². The zero-order valence-corrected chi connectivity index (χ0v) is 11.7. The maximum Gasteiger partial charge on any atom is 0.257 e. The predicted octanol–water partition coefficient (Wildman–Crippen LogP) is 1.91. The van der Waals surface area contributed by atoms with Gasteiger partial charge in [0, 0.05) is 6.54 Å². The van der Waals surface area contributed by atoms with Crippen molar-refractivity contribution >= 4 is 23.4 Å². The highest BCUT2D eigenvalue weighted by atomic mass is 32.2. The van der Waals surface area contributed by atoms with E-state index in [1.807, 2.05) is 23.9 Å². The van der Waals surface area contributed by atoms with Gasteiger partial charge in [-0.25, -0.2) is 0 Å². The second-order valence-corrected chi connectivity index (χ2v) is 5.91. The van der Waals surface area contributed by atoms with Crippen molar-refractivity contribution in [2.45, 2.75) is 12.8 Å². The van der Waals surface area contributed by atoms with Crippen molar-refractivity contribution in [2.75, 3.05) is 30.4 Å². The Morgan fingerprint density at radius 2 is 2.11 bits per heavy atom. The van der Waals surface area contributed by atoms with Gasteiger partial charge in [-0.1, -0.05) is 12.1 Å². The zero-order valence-electron chi connectivity index (χ0n) is 10.9. The lowest BCUT2D eigenvalue weighted by atomic mass is 10.0. The maximum atomic E-state index is 11.7. The third kappa shape index (κ3) is 4.67. The van der Waals surface area contributed by atoms with Crippen molar-refractivity contribution in [2.24, 2.45) is 5.92 Å². The Bertz CT molecular complexity index is 420. The molecule has 3 N–H and O–H groups in total. The van der Waals surface area contributed by atoms with Crippen LogP contribution in [0.1, 0.15) is 12.8 Å². The van der Waals surface area contributed by atoms with Crippen LogP contribution in [0.3, 0.4) is 0 Å². The van der Waals surface area contributed by atoms with E-state index in [0.717, 1.165) is 6.54 Å². The number of nitrogens with two attached hydrogens (primary N) is 1.